The van der Waals surface area contributed by atoms with E-state index in [1.807, 2.05) is 0 Å². The van der Waals surface area contributed by atoms with Gasteiger partial charge in [0.15, 0.2) is 0 Å². The molecule has 0 atom stereocenters. The van der Waals surface area contributed by atoms with Crippen LogP contribution in [0.3, 0.4) is 0 Å². The minimum Gasteiger partial charge on any atom is -0.323 e. The Hall–Kier alpha value is -0.343. The normalized spacial score (nSPS) is 24.7. The quantitative estimate of drug-likeness (QED) is 0.629. The zero-order chi connectivity index (χ0) is 10.0. The van der Waals surface area contributed by atoms with Gasteiger partial charge in [0.05, 0.1) is 0 Å². The van der Waals surface area contributed by atoms with E-state index < -0.39 is 8.24 Å². The lowest BCUT2D eigenvalue weighted by molar-refractivity contribution is 0.342. The molecule has 0 aromatic rings. The molecule has 78 valence electrons. The summed E-state index contributed by atoms with van der Waals surface area (Å²) < 4.78 is 2.79. The van der Waals surface area contributed by atoms with Gasteiger partial charge in [-0.15, -0.1) is 0 Å². The first-order valence-electron chi connectivity index (χ1n) is 5.81. The van der Waals surface area contributed by atoms with E-state index in [1.54, 1.807) is 0 Å². The van der Waals surface area contributed by atoms with Gasteiger partial charge in [0.25, 0.3) is 0 Å². The van der Waals surface area contributed by atoms with Crippen molar-refractivity contribution in [2.75, 3.05) is 13.1 Å². The molecule has 0 radical (unpaired) electrons. The Kier molecular flexibility index (Phi) is 2.93. The van der Waals surface area contributed by atoms with Crippen LogP contribution in [-0.4, -0.2) is 25.9 Å². The van der Waals surface area contributed by atoms with Crippen LogP contribution >= 0.6 is 0 Å². The Morgan fingerprint density at radius 2 is 1.57 bits per heavy atom. The highest BCUT2D eigenvalue weighted by Gasteiger charge is 2.36. The van der Waals surface area contributed by atoms with Gasteiger partial charge < -0.3 is 4.57 Å². The maximum Gasteiger partial charge on any atom is 0.132 e. The highest BCUT2D eigenvalue weighted by atomic mass is 28.3. The van der Waals surface area contributed by atoms with Gasteiger partial charge in [-0.05, 0) is 25.9 Å². The lowest BCUT2D eigenvalue weighted by Gasteiger charge is -2.42. The molecule has 0 amide bonds. The largest absolute Gasteiger partial charge is 0.323 e. The molecule has 0 unspecified atom stereocenters. The van der Waals surface area contributed by atoms with Gasteiger partial charge in [0.1, 0.15) is 8.24 Å². The minimum atomic E-state index is -1.21. The predicted octanol–water partition coefficient (Wildman–Crippen LogP) is 3.17. The lowest BCUT2D eigenvalue weighted by atomic mass is 10.2. The molecule has 2 aliphatic rings. The van der Waals surface area contributed by atoms with Crippen LogP contribution < -0.4 is 0 Å². The van der Waals surface area contributed by atoms with Crippen molar-refractivity contribution in [2.24, 2.45) is 0 Å². The van der Waals surface area contributed by atoms with E-state index in [0.717, 1.165) is 5.54 Å². The van der Waals surface area contributed by atoms with Gasteiger partial charge in [-0.3, -0.25) is 0 Å². The Labute approximate surface area is 88.6 Å². The van der Waals surface area contributed by atoms with Gasteiger partial charge >= 0.3 is 0 Å². The van der Waals surface area contributed by atoms with E-state index in [4.69, 9.17) is 0 Å². The van der Waals surface area contributed by atoms with E-state index in [0.29, 0.717) is 0 Å². The summed E-state index contributed by atoms with van der Waals surface area (Å²) in [4.78, 5) is 0. The first kappa shape index (κ1) is 10.2. The number of hydrogen-bond donors (Lipinski definition) is 0. The zero-order valence-electron chi connectivity index (χ0n) is 9.37. The Balaban J connectivity index is 2.05. The van der Waals surface area contributed by atoms with Crippen molar-refractivity contribution in [3.8, 4) is 0 Å². The monoisotopic (exact) mass is 207 g/mol. The average Bonchev–Trinajstić information content (AvgIpc) is 2.72. The minimum absolute atomic E-state index is 0.751. The number of rotatable bonds is 2. The van der Waals surface area contributed by atoms with E-state index in [1.165, 1.54) is 32.4 Å². The van der Waals surface area contributed by atoms with Crippen molar-refractivity contribution in [1.29, 1.82) is 0 Å². The predicted molar refractivity (Wildman–Crippen MR) is 64.9 cm³/mol. The molecule has 0 bridgehead atoms. The van der Waals surface area contributed by atoms with Crippen LogP contribution in [-0.2, 0) is 0 Å². The topological polar surface area (TPSA) is 3.24 Å². The van der Waals surface area contributed by atoms with Crippen LogP contribution in [0.1, 0.15) is 19.3 Å². The number of hydrogen-bond acceptors (Lipinski definition) is 1. The summed E-state index contributed by atoms with van der Waals surface area (Å²) in [6.07, 6.45) is 13.5. The van der Waals surface area contributed by atoms with Crippen molar-refractivity contribution < 1.29 is 0 Å². The van der Waals surface area contributed by atoms with Crippen LogP contribution in [0.2, 0.25) is 18.6 Å². The molecule has 1 heterocycles. The van der Waals surface area contributed by atoms with Crippen LogP contribution in [0.4, 0.5) is 0 Å². The second kappa shape index (κ2) is 4.03. The first-order valence-corrected chi connectivity index (χ1v) is 8.84. The van der Waals surface area contributed by atoms with Crippen molar-refractivity contribution in [2.45, 2.75) is 37.9 Å². The van der Waals surface area contributed by atoms with E-state index in [-0.39, 0.29) is 0 Å². The van der Waals surface area contributed by atoms with Crippen molar-refractivity contribution in [1.82, 2.24) is 4.57 Å². The molecule has 0 aromatic heterocycles. The summed E-state index contributed by atoms with van der Waals surface area (Å²) in [6, 6.07) is 0. The smallest absolute Gasteiger partial charge is 0.132 e. The molecule has 1 nitrogen and oxygen atoms in total. The number of nitrogens with zero attached hydrogens (tertiary/aromatic N) is 1. The van der Waals surface area contributed by atoms with Gasteiger partial charge in [-0.1, -0.05) is 43.8 Å². The highest BCUT2D eigenvalue weighted by molar-refractivity contribution is 6.77. The number of allylic oxidation sites excluding steroid dienone is 4. The Bertz CT molecular complexity index is 237. The third-order valence-corrected chi connectivity index (χ3v) is 7.83. The standard InChI is InChI=1S/C12H21NSi/c1-14(2,12-8-4-5-9-12)13-10-6-3-7-11-13/h4-5,8-9,12H,3,6-7,10-11H2,1-2H3. The third kappa shape index (κ3) is 1.86. The Morgan fingerprint density at radius 1 is 1.00 bits per heavy atom. The van der Waals surface area contributed by atoms with Gasteiger partial charge in [0.2, 0.25) is 0 Å². The molecule has 0 saturated carbocycles. The molecule has 14 heavy (non-hydrogen) atoms. The molecule has 0 aromatic carbocycles. The molecular formula is C12H21NSi. The maximum atomic E-state index is 2.79. The van der Waals surface area contributed by atoms with Crippen LogP contribution in [0.5, 0.6) is 0 Å². The second-order valence-corrected chi connectivity index (χ2v) is 9.60. The molecule has 2 rings (SSSR count). The summed E-state index contributed by atoms with van der Waals surface area (Å²) in [5.74, 6) is 0. The number of piperidine rings is 1. The molecule has 0 spiro atoms. The molecule has 2 heteroatoms. The van der Waals surface area contributed by atoms with Crippen LogP contribution in [0.15, 0.2) is 24.3 Å². The molecular weight excluding hydrogens is 186 g/mol. The summed E-state index contributed by atoms with van der Waals surface area (Å²) in [5.41, 5.74) is 0.751. The molecule has 0 N–H and O–H groups in total. The fraction of sp³-hybridized carbons (Fsp3) is 0.667. The second-order valence-electron chi connectivity index (χ2n) is 5.00. The van der Waals surface area contributed by atoms with Crippen molar-refractivity contribution in [3.05, 3.63) is 24.3 Å². The summed E-state index contributed by atoms with van der Waals surface area (Å²) >= 11 is 0. The Morgan fingerprint density at radius 3 is 2.14 bits per heavy atom. The fourth-order valence-electron chi connectivity index (χ4n) is 2.58. The summed E-state index contributed by atoms with van der Waals surface area (Å²) in [5, 5.41) is 0. The summed E-state index contributed by atoms with van der Waals surface area (Å²) in [7, 11) is -1.21. The van der Waals surface area contributed by atoms with Crippen molar-refractivity contribution in [3.63, 3.8) is 0 Å². The zero-order valence-corrected chi connectivity index (χ0v) is 10.4. The molecule has 1 fully saturated rings. The third-order valence-electron chi connectivity index (χ3n) is 3.73. The first-order chi connectivity index (χ1) is 6.71. The molecule has 1 saturated heterocycles. The average molecular weight is 207 g/mol. The van der Waals surface area contributed by atoms with Gasteiger partial charge in [0, 0.05) is 5.54 Å². The summed E-state index contributed by atoms with van der Waals surface area (Å²) in [6.45, 7) is 7.72. The van der Waals surface area contributed by atoms with Gasteiger partial charge in [-0.25, -0.2) is 0 Å². The van der Waals surface area contributed by atoms with Crippen molar-refractivity contribution >= 4 is 8.24 Å². The van der Waals surface area contributed by atoms with Crippen LogP contribution in [0, 0.1) is 0 Å². The molecule has 1 aliphatic heterocycles. The highest BCUT2D eigenvalue weighted by Crippen LogP contribution is 2.32. The van der Waals surface area contributed by atoms with E-state index >= 15 is 0 Å². The lowest BCUT2D eigenvalue weighted by Crippen LogP contribution is -2.53. The van der Waals surface area contributed by atoms with Gasteiger partial charge in [-0.2, -0.15) is 0 Å². The fourth-order valence-corrected chi connectivity index (χ4v) is 5.64. The van der Waals surface area contributed by atoms with Crippen LogP contribution in [0.25, 0.3) is 0 Å². The SMILES string of the molecule is C[Si](C)(C1C=CC=C1)N1CCCCC1. The maximum absolute atomic E-state index is 2.79. The molecule has 1 aliphatic carbocycles. The van der Waals surface area contributed by atoms with E-state index in [2.05, 4.69) is 42.0 Å². The van der Waals surface area contributed by atoms with E-state index in [9.17, 15) is 0 Å².